The highest BCUT2D eigenvalue weighted by Gasteiger charge is 2.18. The summed E-state index contributed by atoms with van der Waals surface area (Å²) >= 11 is 9.46. The molecule has 0 spiro atoms. The van der Waals surface area contributed by atoms with Crippen LogP contribution in [-0.4, -0.2) is 5.91 Å². The molecule has 2 nitrogen and oxygen atoms in total. The molecular formula is C17H17BrClNO. The summed E-state index contributed by atoms with van der Waals surface area (Å²) in [6, 6.07) is 12.8. The largest absolute Gasteiger partial charge is 0.322 e. The van der Waals surface area contributed by atoms with Gasteiger partial charge in [0.2, 0.25) is 0 Å². The minimum atomic E-state index is -0.154. The monoisotopic (exact) mass is 365 g/mol. The zero-order chi connectivity index (χ0) is 15.6. The molecule has 0 aliphatic heterocycles. The first-order valence-corrected chi connectivity index (χ1v) is 7.81. The highest BCUT2D eigenvalue weighted by Crippen LogP contribution is 2.30. The summed E-state index contributed by atoms with van der Waals surface area (Å²) in [6.45, 7) is 6.41. The number of nitrogens with one attached hydrogen (secondary N) is 1. The van der Waals surface area contributed by atoms with Crippen LogP contribution in [0.25, 0.3) is 0 Å². The summed E-state index contributed by atoms with van der Waals surface area (Å²) in [5.41, 5.74) is 2.49. The van der Waals surface area contributed by atoms with Gasteiger partial charge in [-0.2, -0.15) is 0 Å². The Hall–Kier alpha value is -1.32. The first kappa shape index (κ1) is 16.1. The predicted octanol–water partition coefficient (Wildman–Crippen LogP) is 5.65. The van der Waals surface area contributed by atoms with Gasteiger partial charge in [-0.15, -0.1) is 0 Å². The summed E-state index contributed by atoms with van der Waals surface area (Å²) < 4.78 is 0.939. The van der Waals surface area contributed by atoms with Crippen molar-refractivity contribution in [3.8, 4) is 0 Å². The van der Waals surface area contributed by atoms with Gasteiger partial charge in [0, 0.05) is 20.7 Å². The molecule has 1 amide bonds. The third kappa shape index (κ3) is 4.08. The van der Waals surface area contributed by atoms with Crippen molar-refractivity contribution in [1.82, 2.24) is 0 Å². The molecule has 110 valence electrons. The van der Waals surface area contributed by atoms with Crippen molar-refractivity contribution in [2.75, 3.05) is 5.32 Å². The van der Waals surface area contributed by atoms with E-state index in [4.69, 9.17) is 11.6 Å². The highest BCUT2D eigenvalue weighted by molar-refractivity contribution is 9.10. The van der Waals surface area contributed by atoms with Crippen molar-refractivity contribution in [3.05, 3.63) is 63.1 Å². The molecule has 1 N–H and O–H groups in total. The van der Waals surface area contributed by atoms with E-state index in [1.165, 1.54) is 5.56 Å². The first-order valence-electron chi connectivity index (χ1n) is 6.64. The molecule has 2 aromatic carbocycles. The van der Waals surface area contributed by atoms with E-state index in [-0.39, 0.29) is 11.3 Å². The maximum atomic E-state index is 12.3. The molecule has 0 saturated carbocycles. The van der Waals surface area contributed by atoms with Crippen molar-refractivity contribution in [3.63, 3.8) is 0 Å². The van der Waals surface area contributed by atoms with E-state index in [0.717, 1.165) is 4.47 Å². The molecule has 0 aliphatic carbocycles. The Kier molecular flexibility index (Phi) is 4.74. The lowest BCUT2D eigenvalue weighted by molar-refractivity contribution is 0.102. The Morgan fingerprint density at radius 1 is 1.14 bits per heavy atom. The molecule has 4 heteroatoms. The van der Waals surface area contributed by atoms with Crippen LogP contribution in [0.4, 0.5) is 5.69 Å². The molecule has 0 saturated heterocycles. The van der Waals surface area contributed by atoms with Crippen LogP contribution in [0.2, 0.25) is 5.02 Å². The normalized spacial score (nSPS) is 11.3. The fourth-order valence-electron chi connectivity index (χ4n) is 2.03. The van der Waals surface area contributed by atoms with Gasteiger partial charge in [0.25, 0.3) is 5.91 Å². The lowest BCUT2D eigenvalue weighted by Gasteiger charge is -2.21. The van der Waals surface area contributed by atoms with Gasteiger partial charge < -0.3 is 5.32 Å². The molecule has 0 atom stereocenters. The van der Waals surface area contributed by atoms with Crippen LogP contribution in [0.1, 0.15) is 36.7 Å². The molecular weight excluding hydrogens is 350 g/mol. The van der Waals surface area contributed by atoms with Crippen molar-refractivity contribution < 1.29 is 4.79 Å². The quantitative estimate of drug-likeness (QED) is 0.731. The van der Waals surface area contributed by atoms with Gasteiger partial charge >= 0.3 is 0 Å². The number of amides is 1. The first-order chi connectivity index (χ1) is 9.77. The van der Waals surface area contributed by atoms with Crippen LogP contribution in [0.3, 0.4) is 0 Å². The standard InChI is InChI=1S/C17H17BrClNO/c1-17(2,3)14-8-7-11(9-15(14)18)16(21)20-13-6-4-5-12(19)10-13/h4-10H,1-3H3,(H,20,21). The Morgan fingerprint density at radius 3 is 2.43 bits per heavy atom. The van der Waals surface area contributed by atoms with E-state index in [1.807, 2.05) is 24.3 Å². The third-order valence-corrected chi connectivity index (χ3v) is 4.01. The van der Waals surface area contributed by atoms with Crippen molar-refractivity contribution in [1.29, 1.82) is 0 Å². The number of carbonyl (C=O) groups is 1. The molecule has 21 heavy (non-hydrogen) atoms. The maximum Gasteiger partial charge on any atom is 0.255 e. The number of halogens is 2. The van der Waals surface area contributed by atoms with Crippen LogP contribution in [0.15, 0.2) is 46.9 Å². The second-order valence-electron chi connectivity index (χ2n) is 5.91. The van der Waals surface area contributed by atoms with E-state index < -0.39 is 0 Å². The van der Waals surface area contributed by atoms with Gasteiger partial charge in [0.1, 0.15) is 0 Å². The fraction of sp³-hybridized carbons (Fsp3) is 0.235. The topological polar surface area (TPSA) is 29.1 Å². The van der Waals surface area contributed by atoms with E-state index in [9.17, 15) is 4.79 Å². The van der Waals surface area contributed by atoms with Crippen LogP contribution in [-0.2, 0) is 5.41 Å². The smallest absolute Gasteiger partial charge is 0.255 e. The van der Waals surface area contributed by atoms with Gasteiger partial charge in [0.05, 0.1) is 0 Å². The predicted molar refractivity (Wildman–Crippen MR) is 92.2 cm³/mol. The Bertz CT molecular complexity index is 677. The summed E-state index contributed by atoms with van der Waals surface area (Å²) in [4.78, 5) is 12.3. The molecule has 0 aliphatic rings. The van der Waals surface area contributed by atoms with Gasteiger partial charge in [-0.1, -0.05) is 60.4 Å². The van der Waals surface area contributed by atoms with Crippen molar-refractivity contribution in [2.24, 2.45) is 0 Å². The van der Waals surface area contributed by atoms with Gasteiger partial charge in [-0.25, -0.2) is 0 Å². The molecule has 0 unspecified atom stereocenters. The van der Waals surface area contributed by atoms with Gasteiger partial charge in [0.15, 0.2) is 0 Å². The molecule has 0 fully saturated rings. The minimum absolute atomic E-state index is 0.0286. The maximum absolute atomic E-state index is 12.3. The lowest BCUT2D eigenvalue weighted by atomic mass is 9.86. The molecule has 0 aromatic heterocycles. The Morgan fingerprint density at radius 2 is 1.86 bits per heavy atom. The number of hydrogen-bond acceptors (Lipinski definition) is 1. The number of hydrogen-bond donors (Lipinski definition) is 1. The van der Waals surface area contributed by atoms with Gasteiger partial charge in [-0.3, -0.25) is 4.79 Å². The summed E-state index contributed by atoms with van der Waals surface area (Å²) in [5, 5.41) is 3.43. The second-order valence-corrected chi connectivity index (χ2v) is 7.20. The number of benzene rings is 2. The lowest BCUT2D eigenvalue weighted by Crippen LogP contribution is -2.15. The molecule has 0 bridgehead atoms. The van der Waals surface area contributed by atoms with Crippen LogP contribution in [0.5, 0.6) is 0 Å². The highest BCUT2D eigenvalue weighted by atomic mass is 79.9. The summed E-state index contributed by atoms with van der Waals surface area (Å²) in [7, 11) is 0. The minimum Gasteiger partial charge on any atom is -0.322 e. The summed E-state index contributed by atoms with van der Waals surface area (Å²) in [5.74, 6) is -0.154. The molecule has 2 aromatic rings. The Balaban J connectivity index is 2.23. The van der Waals surface area contributed by atoms with E-state index in [1.54, 1.807) is 18.2 Å². The molecule has 0 heterocycles. The number of anilines is 1. The van der Waals surface area contributed by atoms with E-state index in [0.29, 0.717) is 16.3 Å². The average Bonchev–Trinajstić information content (AvgIpc) is 2.37. The van der Waals surface area contributed by atoms with Crippen LogP contribution >= 0.6 is 27.5 Å². The summed E-state index contributed by atoms with van der Waals surface area (Å²) in [6.07, 6.45) is 0. The fourth-order valence-corrected chi connectivity index (χ4v) is 3.20. The van der Waals surface area contributed by atoms with Crippen molar-refractivity contribution >= 4 is 39.1 Å². The number of rotatable bonds is 2. The van der Waals surface area contributed by atoms with Crippen LogP contribution in [0, 0.1) is 0 Å². The molecule has 2 rings (SSSR count). The van der Waals surface area contributed by atoms with Gasteiger partial charge in [-0.05, 0) is 41.3 Å². The second kappa shape index (κ2) is 6.20. The Labute approximate surface area is 138 Å². The zero-order valence-electron chi connectivity index (χ0n) is 12.2. The average molecular weight is 367 g/mol. The van der Waals surface area contributed by atoms with Crippen molar-refractivity contribution in [2.45, 2.75) is 26.2 Å². The SMILES string of the molecule is CC(C)(C)c1ccc(C(=O)Nc2cccc(Cl)c2)cc1Br. The zero-order valence-corrected chi connectivity index (χ0v) is 14.5. The third-order valence-electron chi connectivity index (χ3n) is 3.12. The molecule has 0 radical (unpaired) electrons. The van der Waals surface area contributed by atoms with E-state index in [2.05, 4.69) is 42.0 Å². The van der Waals surface area contributed by atoms with E-state index >= 15 is 0 Å². The van der Waals surface area contributed by atoms with Crippen LogP contribution < -0.4 is 5.32 Å². The number of carbonyl (C=O) groups excluding carboxylic acids is 1.